The molecular weight excluding hydrogens is 376 g/mol. The van der Waals surface area contributed by atoms with Crippen LogP contribution in [-0.2, 0) is 17.8 Å². The minimum absolute atomic E-state index is 0.0890. The summed E-state index contributed by atoms with van der Waals surface area (Å²) < 4.78 is 5.71. The normalized spacial score (nSPS) is 18.3. The summed E-state index contributed by atoms with van der Waals surface area (Å²) in [6.45, 7) is 2.07. The van der Waals surface area contributed by atoms with E-state index in [2.05, 4.69) is 5.32 Å². The number of halogens is 1. The third kappa shape index (κ3) is 4.14. The Hall–Kier alpha value is -2.53. The molecule has 1 fully saturated rings. The average molecular weight is 399 g/mol. The van der Waals surface area contributed by atoms with Crippen LogP contribution in [0.5, 0.6) is 5.75 Å². The van der Waals surface area contributed by atoms with E-state index in [9.17, 15) is 9.59 Å². The van der Waals surface area contributed by atoms with Gasteiger partial charge in [0.25, 0.3) is 11.8 Å². The molecule has 146 valence electrons. The van der Waals surface area contributed by atoms with Gasteiger partial charge in [-0.15, -0.1) is 0 Å². The summed E-state index contributed by atoms with van der Waals surface area (Å²) in [5.74, 6) is 0.650. The van der Waals surface area contributed by atoms with E-state index in [-0.39, 0.29) is 11.8 Å². The van der Waals surface area contributed by atoms with E-state index in [0.717, 1.165) is 37.1 Å². The second-order valence-corrected chi connectivity index (χ2v) is 7.77. The Bertz CT molecular complexity index is 876. The third-order valence-corrected chi connectivity index (χ3v) is 5.54. The zero-order chi connectivity index (χ0) is 19.5. The minimum Gasteiger partial charge on any atom is -0.480 e. The Morgan fingerprint density at radius 2 is 1.82 bits per heavy atom. The lowest BCUT2D eigenvalue weighted by atomic mass is 10.1. The van der Waals surface area contributed by atoms with Crippen LogP contribution in [0, 0.1) is 0 Å². The molecule has 2 aliphatic rings. The summed E-state index contributed by atoms with van der Waals surface area (Å²) in [7, 11) is 0. The molecule has 0 aliphatic carbocycles. The number of ether oxygens (including phenoxy) is 1. The van der Waals surface area contributed by atoms with Gasteiger partial charge in [0.15, 0.2) is 6.10 Å². The molecule has 6 heteroatoms. The smallest absolute Gasteiger partial charge is 0.261 e. The van der Waals surface area contributed by atoms with E-state index in [0.29, 0.717) is 29.3 Å². The Balaban J connectivity index is 1.30. The largest absolute Gasteiger partial charge is 0.480 e. The van der Waals surface area contributed by atoms with Crippen molar-refractivity contribution in [3.63, 3.8) is 0 Å². The van der Waals surface area contributed by atoms with Crippen molar-refractivity contribution in [2.75, 3.05) is 13.1 Å². The summed E-state index contributed by atoms with van der Waals surface area (Å²) in [6, 6.07) is 12.8. The van der Waals surface area contributed by atoms with Gasteiger partial charge in [0.1, 0.15) is 5.75 Å². The van der Waals surface area contributed by atoms with Crippen LogP contribution in [0.15, 0.2) is 42.5 Å². The number of nitrogens with zero attached hydrogens (tertiary/aromatic N) is 1. The van der Waals surface area contributed by atoms with Crippen molar-refractivity contribution in [3.8, 4) is 5.75 Å². The van der Waals surface area contributed by atoms with E-state index in [1.165, 1.54) is 6.42 Å². The zero-order valence-corrected chi connectivity index (χ0v) is 16.4. The van der Waals surface area contributed by atoms with Crippen LogP contribution >= 0.6 is 11.6 Å². The molecule has 2 aromatic rings. The van der Waals surface area contributed by atoms with Crippen LogP contribution in [0.2, 0.25) is 5.02 Å². The first kappa shape index (κ1) is 18.8. The molecule has 0 spiro atoms. The van der Waals surface area contributed by atoms with Gasteiger partial charge in [-0.2, -0.15) is 0 Å². The number of carbonyl (C=O) groups is 2. The maximum atomic E-state index is 12.5. The summed E-state index contributed by atoms with van der Waals surface area (Å²) in [5, 5.41) is 3.55. The molecule has 2 aliphatic heterocycles. The number of piperidine rings is 1. The first-order chi connectivity index (χ1) is 13.6. The van der Waals surface area contributed by atoms with Crippen LogP contribution in [0.1, 0.15) is 40.7 Å². The van der Waals surface area contributed by atoms with Gasteiger partial charge >= 0.3 is 0 Å². The van der Waals surface area contributed by atoms with Crippen molar-refractivity contribution in [3.05, 3.63) is 64.2 Å². The first-order valence-corrected chi connectivity index (χ1v) is 10.1. The fourth-order valence-corrected chi connectivity index (χ4v) is 3.91. The van der Waals surface area contributed by atoms with E-state index in [1.54, 1.807) is 12.1 Å². The number of nitrogens with one attached hydrogen (secondary N) is 1. The molecule has 1 N–H and O–H groups in total. The predicted octanol–water partition coefficient (Wildman–Crippen LogP) is 3.59. The van der Waals surface area contributed by atoms with Gasteiger partial charge in [-0.3, -0.25) is 9.59 Å². The lowest BCUT2D eigenvalue weighted by Gasteiger charge is -2.26. The maximum Gasteiger partial charge on any atom is 0.261 e. The minimum atomic E-state index is -0.534. The Kier molecular flexibility index (Phi) is 5.53. The molecule has 4 rings (SSSR count). The molecule has 1 atom stereocenters. The van der Waals surface area contributed by atoms with Gasteiger partial charge in [-0.1, -0.05) is 23.7 Å². The van der Waals surface area contributed by atoms with Crippen molar-refractivity contribution in [1.29, 1.82) is 0 Å². The topological polar surface area (TPSA) is 58.6 Å². The molecule has 0 bridgehead atoms. The fourth-order valence-electron chi connectivity index (χ4n) is 3.71. The highest BCUT2D eigenvalue weighted by Gasteiger charge is 2.29. The summed E-state index contributed by atoms with van der Waals surface area (Å²) in [6.07, 6.45) is 3.34. The van der Waals surface area contributed by atoms with Crippen molar-refractivity contribution in [2.24, 2.45) is 0 Å². The molecule has 0 saturated carbocycles. The molecule has 0 radical (unpaired) electrons. The highest BCUT2D eigenvalue weighted by Crippen LogP contribution is 2.31. The quantitative estimate of drug-likeness (QED) is 0.856. The van der Waals surface area contributed by atoms with Crippen LogP contribution < -0.4 is 10.1 Å². The summed E-state index contributed by atoms with van der Waals surface area (Å²) in [5.41, 5.74) is 2.60. The lowest BCUT2D eigenvalue weighted by molar-refractivity contribution is -0.127. The molecule has 28 heavy (non-hydrogen) atoms. The van der Waals surface area contributed by atoms with Crippen molar-refractivity contribution in [1.82, 2.24) is 10.2 Å². The van der Waals surface area contributed by atoms with Crippen LogP contribution in [0.25, 0.3) is 0 Å². The number of likely N-dealkylation sites (tertiary alicyclic amines) is 1. The highest BCUT2D eigenvalue weighted by atomic mass is 35.5. The summed E-state index contributed by atoms with van der Waals surface area (Å²) in [4.78, 5) is 26.9. The molecule has 2 amide bonds. The van der Waals surface area contributed by atoms with Crippen molar-refractivity contribution in [2.45, 2.75) is 38.3 Å². The van der Waals surface area contributed by atoms with Crippen LogP contribution in [0.3, 0.4) is 0 Å². The van der Waals surface area contributed by atoms with Crippen molar-refractivity contribution < 1.29 is 14.3 Å². The molecule has 0 unspecified atom stereocenters. The number of fused-ring (bicyclic) bond motifs is 1. The van der Waals surface area contributed by atoms with Gasteiger partial charge < -0.3 is 15.0 Å². The van der Waals surface area contributed by atoms with Crippen molar-refractivity contribution >= 4 is 23.4 Å². The van der Waals surface area contributed by atoms with Crippen LogP contribution in [-0.4, -0.2) is 35.9 Å². The monoisotopic (exact) mass is 398 g/mol. The molecule has 1 saturated heterocycles. The predicted molar refractivity (Wildman–Crippen MR) is 108 cm³/mol. The molecular formula is C22H23ClN2O3. The Morgan fingerprint density at radius 1 is 1.07 bits per heavy atom. The lowest BCUT2D eigenvalue weighted by Crippen LogP contribution is -2.37. The standard InChI is InChI=1S/C22H23ClN2O3/c23-18-8-9-19-17(12-18)13-20(28-19)21(26)24-14-15-4-6-16(7-5-15)22(27)25-10-2-1-3-11-25/h4-9,12,20H,1-3,10-11,13-14H2,(H,24,26)/t20-/m1/s1. The summed E-state index contributed by atoms with van der Waals surface area (Å²) >= 11 is 5.99. The van der Waals surface area contributed by atoms with Gasteiger partial charge in [0.2, 0.25) is 0 Å². The van der Waals surface area contributed by atoms with E-state index >= 15 is 0 Å². The molecule has 2 aromatic carbocycles. The van der Waals surface area contributed by atoms with E-state index < -0.39 is 6.10 Å². The van der Waals surface area contributed by atoms with Gasteiger partial charge in [-0.25, -0.2) is 0 Å². The number of rotatable bonds is 4. The first-order valence-electron chi connectivity index (χ1n) is 9.71. The molecule has 0 aromatic heterocycles. The number of hydrogen-bond donors (Lipinski definition) is 1. The highest BCUT2D eigenvalue weighted by molar-refractivity contribution is 6.30. The van der Waals surface area contributed by atoms with E-state index in [4.69, 9.17) is 16.3 Å². The Morgan fingerprint density at radius 3 is 2.57 bits per heavy atom. The fraction of sp³-hybridized carbons (Fsp3) is 0.364. The average Bonchev–Trinajstić information content (AvgIpc) is 3.16. The maximum absolute atomic E-state index is 12.5. The Labute approximate surface area is 169 Å². The number of hydrogen-bond acceptors (Lipinski definition) is 3. The zero-order valence-electron chi connectivity index (χ0n) is 15.6. The second-order valence-electron chi connectivity index (χ2n) is 7.33. The SMILES string of the molecule is O=C(NCc1ccc(C(=O)N2CCCCC2)cc1)[C@H]1Cc2cc(Cl)ccc2O1. The van der Waals surface area contributed by atoms with E-state index in [1.807, 2.05) is 35.2 Å². The number of amides is 2. The number of carbonyl (C=O) groups excluding carboxylic acids is 2. The van der Waals surface area contributed by atoms with Gasteiger partial charge in [0.05, 0.1) is 0 Å². The molecule has 5 nitrogen and oxygen atoms in total. The van der Waals surface area contributed by atoms with Gasteiger partial charge in [-0.05, 0) is 60.7 Å². The van der Waals surface area contributed by atoms with Gasteiger partial charge in [0, 0.05) is 36.6 Å². The molecule has 2 heterocycles. The van der Waals surface area contributed by atoms with Crippen LogP contribution in [0.4, 0.5) is 0 Å². The third-order valence-electron chi connectivity index (χ3n) is 5.30. The number of benzene rings is 2. The second kappa shape index (κ2) is 8.23.